The Hall–Kier alpha value is -1.92. The van der Waals surface area contributed by atoms with Crippen LogP contribution in [0.2, 0.25) is 0 Å². The van der Waals surface area contributed by atoms with Crippen molar-refractivity contribution in [2.75, 3.05) is 13.1 Å². The standard InChI is InChI=1S/C17H23N3O3/c1-4-20-15-6-5-13(17(21)22)7-14(15)18-16(20)10-19-8-11(2)23-12(3)9-19/h5-7,11-12H,4,8-10H2,1-3H3,(H,21,22). The number of benzene rings is 1. The molecule has 1 N–H and O–H groups in total. The van der Waals surface area contributed by atoms with Crippen molar-refractivity contribution < 1.29 is 14.6 Å². The number of aryl methyl sites for hydroxylation is 1. The molecule has 0 spiro atoms. The molecule has 124 valence electrons. The van der Waals surface area contributed by atoms with E-state index in [0.29, 0.717) is 0 Å². The van der Waals surface area contributed by atoms with E-state index in [4.69, 9.17) is 9.84 Å². The lowest BCUT2D eigenvalue weighted by Gasteiger charge is -2.35. The maximum atomic E-state index is 11.1. The quantitative estimate of drug-likeness (QED) is 0.937. The van der Waals surface area contributed by atoms with Crippen LogP contribution in [0.25, 0.3) is 11.0 Å². The van der Waals surface area contributed by atoms with Crippen molar-refractivity contribution in [3.8, 4) is 0 Å². The summed E-state index contributed by atoms with van der Waals surface area (Å²) in [6.45, 7) is 9.60. The van der Waals surface area contributed by atoms with Gasteiger partial charge in [-0.1, -0.05) is 0 Å². The number of morpholine rings is 1. The first-order valence-electron chi connectivity index (χ1n) is 8.08. The SMILES string of the molecule is CCn1c(CN2CC(C)OC(C)C2)nc2cc(C(=O)O)ccc21. The number of hydrogen-bond donors (Lipinski definition) is 1. The summed E-state index contributed by atoms with van der Waals surface area (Å²) in [5.41, 5.74) is 2.01. The van der Waals surface area contributed by atoms with E-state index < -0.39 is 5.97 Å². The zero-order chi connectivity index (χ0) is 16.6. The lowest BCUT2D eigenvalue weighted by molar-refractivity contribution is -0.0712. The number of aromatic carboxylic acids is 1. The first-order valence-corrected chi connectivity index (χ1v) is 8.08. The van der Waals surface area contributed by atoms with Crippen LogP contribution in [0.1, 0.15) is 37.0 Å². The summed E-state index contributed by atoms with van der Waals surface area (Å²) in [5, 5.41) is 9.14. The molecule has 1 aromatic heterocycles. The van der Waals surface area contributed by atoms with Crippen LogP contribution in [0.5, 0.6) is 0 Å². The first kappa shape index (κ1) is 16.0. The third-order valence-corrected chi connectivity index (χ3v) is 4.25. The van der Waals surface area contributed by atoms with Gasteiger partial charge < -0.3 is 14.4 Å². The van der Waals surface area contributed by atoms with Gasteiger partial charge in [0.15, 0.2) is 0 Å². The maximum Gasteiger partial charge on any atom is 0.335 e. The molecule has 2 heterocycles. The molecular weight excluding hydrogens is 294 g/mol. The zero-order valence-electron chi connectivity index (χ0n) is 13.8. The van der Waals surface area contributed by atoms with Crippen molar-refractivity contribution in [1.29, 1.82) is 0 Å². The normalized spacial score (nSPS) is 22.6. The number of fused-ring (bicyclic) bond motifs is 1. The van der Waals surface area contributed by atoms with Crippen LogP contribution in [0.15, 0.2) is 18.2 Å². The highest BCUT2D eigenvalue weighted by Crippen LogP contribution is 2.21. The number of hydrogen-bond acceptors (Lipinski definition) is 4. The summed E-state index contributed by atoms with van der Waals surface area (Å²) >= 11 is 0. The second kappa shape index (κ2) is 6.29. The van der Waals surface area contributed by atoms with Crippen LogP contribution in [0.3, 0.4) is 0 Å². The molecule has 2 atom stereocenters. The smallest absolute Gasteiger partial charge is 0.335 e. The van der Waals surface area contributed by atoms with Gasteiger partial charge in [0, 0.05) is 19.6 Å². The average molecular weight is 317 g/mol. The molecule has 1 aliphatic rings. The molecule has 2 aromatic rings. The van der Waals surface area contributed by atoms with Crippen LogP contribution >= 0.6 is 0 Å². The van der Waals surface area contributed by atoms with E-state index in [0.717, 1.165) is 43.0 Å². The van der Waals surface area contributed by atoms with Crippen LogP contribution < -0.4 is 0 Å². The number of rotatable bonds is 4. The lowest BCUT2D eigenvalue weighted by Crippen LogP contribution is -2.45. The Kier molecular flexibility index (Phi) is 4.37. The molecule has 0 radical (unpaired) electrons. The minimum Gasteiger partial charge on any atom is -0.478 e. The Morgan fingerprint density at radius 3 is 2.65 bits per heavy atom. The highest BCUT2D eigenvalue weighted by molar-refractivity contribution is 5.92. The fraction of sp³-hybridized carbons (Fsp3) is 0.529. The zero-order valence-corrected chi connectivity index (χ0v) is 13.8. The van der Waals surface area contributed by atoms with Crippen molar-refractivity contribution >= 4 is 17.0 Å². The maximum absolute atomic E-state index is 11.1. The van der Waals surface area contributed by atoms with Crippen LogP contribution in [0, 0.1) is 0 Å². The number of ether oxygens (including phenoxy) is 1. The van der Waals surface area contributed by atoms with Crippen LogP contribution in [-0.4, -0.2) is 50.8 Å². The van der Waals surface area contributed by atoms with E-state index in [2.05, 4.69) is 35.2 Å². The van der Waals surface area contributed by atoms with E-state index in [-0.39, 0.29) is 17.8 Å². The van der Waals surface area contributed by atoms with Crippen molar-refractivity contribution in [2.45, 2.75) is 46.1 Å². The summed E-state index contributed by atoms with van der Waals surface area (Å²) in [4.78, 5) is 18.2. The van der Waals surface area contributed by atoms with Gasteiger partial charge in [0.1, 0.15) is 5.82 Å². The first-order chi connectivity index (χ1) is 11.0. The van der Waals surface area contributed by atoms with E-state index in [9.17, 15) is 4.79 Å². The Balaban J connectivity index is 1.92. The third-order valence-electron chi connectivity index (χ3n) is 4.25. The van der Waals surface area contributed by atoms with E-state index in [1.54, 1.807) is 12.1 Å². The van der Waals surface area contributed by atoms with Crippen molar-refractivity contribution in [2.24, 2.45) is 0 Å². The molecule has 1 aliphatic heterocycles. The molecule has 6 nitrogen and oxygen atoms in total. The van der Waals surface area contributed by atoms with Crippen molar-refractivity contribution in [1.82, 2.24) is 14.5 Å². The predicted octanol–water partition coefficient (Wildman–Crippen LogP) is 2.36. The van der Waals surface area contributed by atoms with Crippen LogP contribution in [-0.2, 0) is 17.8 Å². The highest BCUT2D eigenvalue weighted by atomic mass is 16.5. The van der Waals surface area contributed by atoms with Gasteiger partial charge >= 0.3 is 5.97 Å². The molecule has 23 heavy (non-hydrogen) atoms. The number of carbonyl (C=O) groups is 1. The molecule has 2 unspecified atom stereocenters. The largest absolute Gasteiger partial charge is 0.478 e. The Labute approximate surface area is 135 Å². The Morgan fingerprint density at radius 1 is 1.35 bits per heavy atom. The minimum absolute atomic E-state index is 0.219. The second-order valence-electron chi connectivity index (χ2n) is 6.23. The molecule has 0 bridgehead atoms. The van der Waals surface area contributed by atoms with Crippen LogP contribution in [0.4, 0.5) is 0 Å². The molecular formula is C17H23N3O3. The monoisotopic (exact) mass is 317 g/mol. The highest BCUT2D eigenvalue weighted by Gasteiger charge is 2.24. The Morgan fingerprint density at radius 2 is 2.04 bits per heavy atom. The molecule has 0 amide bonds. The van der Waals surface area contributed by atoms with Gasteiger partial charge in [-0.2, -0.15) is 0 Å². The lowest BCUT2D eigenvalue weighted by atomic mass is 10.2. The van der Waals surface area contributed by atoms with E-state index in [1.807, 2.05) is 6.07 Å². The fourth-order valence-corrected chi connectivity index (χ4v) is 3.40. The number of aromatic nitrogens is 2. The van der Waals surface area contributed by atoms with Gasteiger partial charge in [0.25, 0.3) is 0 Å². The van der Waals surface area contributed by atoms with Gasteiger partial charge in [-0.15, -0.1) is 0 Å². The van der Waals surface area contributed by atoms with Crippen molar-refractivity contribution in [3.05, 3.63) is 29.6 Å². The predicted molar refractivity (Wildman–Crippen MR) is 87.7 cm³/mol. The van der Waals surface area contributed by atoms with Gasteiger partial charge in [0.05, 0.1) is 35.3 Å². The number of carboxylic acid groups (broad SMARTS) is 1. The molecule has 3 rings (SSSR count). The van der Waals surface area contributed by atoms with Gasteiger partial charge in [-0.05, 0) is 39.0 Å². The summed E-state index contributed by atoms with van der Waals surface area (Å²) in [5.74, 6) is 0.0571. The summed E-state index contributed by atoms with van der Waals surface area (Å²) in [6, 6.07) is 5.14. The third kappa shape index (κ3) is 3.23. The molecule has 1 fully saturated rings. The van der Waals surface area contributed by atoms with Gasteiger partial charge in [-0.3, -0.25) is 4.90 Å². The molecule has 0 saturated carbocycles. The molecule has 0 aliphatic carbocycles. The number of carboxylic acids is 1. The van der Waals surface area contributed by atoms with Gasteiger partial charge in [0.2, 0.25) is 0 Å². The average Bonchev–Trinajstić information content (AvgIpc) is 2.81. The number of imidazole rings is 1. The summed E-state index contributed by atoms with van der Waals surface area (Å²) in [6.07, 6.45) is 0.439. The Bertz CT molecular complexity index is 715. The number of nitrogens with zero attached hydrogens (tertiary/aromatic N) is 3. The summed E-state index contributed by atoms with van der Waals surface area (Å²) in [7, 11) is 0. The molecule has 6 heteroatoms. The van der Waals surface area contributed by atoms with E-state index in [1.165, 1.54) is 0 Å². The molecule has 1 aromatic carbocycles. The molecule has 1 saturated heterocycles. The fourth-order valence-electron chi connectivity index (χ4n) is 3.40. The van der Waals surface area contributed by atoms with Gasteiger partial charge in [-0.25, -0.2) is 9.78 Å². The second-order valence-corrected chi connectivity index (χ2v) is 6.23. The van der Waals surface area contributed by atoms with Crippen molar-refractivity contribution in [3.63, 3.8) is 0 Å². The minimum atomic E-state index is -0.921. The summed E-state index contributed by atoms with van der Waals surface area (Å²) < 4.78 is 7.94. The van der Waals surface area contributed by atoms with E-state index >= 15 is 0 Å². The topological polar surface area (TPSA) is 67.6 Å².